The number of halogens is 1. The molecule has 5 rings (SSSR count). The third-order valence-electron chi connectivity index (χ3n) is 5.70. The standard InChI is InChI=1S/C24H23BrN4/c1-27-13-15-28(16-14-27)19-9-7-18(8-10-19)23-17-21-22(25)11-12-26-24(21)29(23)20-5-3-2-4-6-20/h2-12,17H,13-16H2,1H3. The van der Waals surface area contributed by atoms with Crippen molar-refractivity contribution in [2.75, 3.05) is 38.1 Å². The zero-order chi connectivity index (χ0) is 19.8. The van der Waals surface area contributed by atoms with Crippen molar-refractivity contribution in [3.8, 4) is 16.9 Å². The molecule has 5 heteroatoms. The zero-order valence-electron chi connectivity index (χ0n) is 16.4. The van der Waals surface area contributed by atoms with Crippen LogP contribution in [0.25, 0.3) is 28.0 Å². The monoisotopic (exact) mass is 446 g/mol. The van der Waals surface area contributed by atoms with Crippen LogP contribution in [0.15, 0.2) is 77.4 Å². The van der Waals surface area contributed by atoms with Gasteiger partial charge in [-0.15, -0.1) is 0 Å². The Bertz CT molecular complexity index is 1130. The summed E-state index contributed by atoms with van der Waals surface area (Å²) in [5.41, 5.74) is 5.71. The number of pyridine rings is 1. The van der Waals surface area contributed by atoms with Crippen molar-refractivity contribution < 1.29 is 0 Å². The van der Waals surface area contributed by atoms with Gasteiger partial charge in [0.05, 0.1) is 5.69 Å². The molecule has 0 aliphatic carbocycles. The molecule has 1 aliphatic heterocycles. The van der Waals surface area contributed by atoms with Crippen molar-refractivity contribution in [1.82, 2.24) is 14.5 Å². The molecule has 146 valence electrons. The molecule has 0 atom stereocenters. The third-order valence-corrected chi connectivity index (χ3v) is 6.39. The highest BCUT2D eigenvalue weighted by molar-refractivity contribution is 9.10. The maximum atomic E-state index is 4.68. The predicted octanol–water partition coefficient (Wildman–Crippen LogP) is 5.21. The van der Waals surface area contributed by atoms with E-state index >= 15 is 0 Å². The largest absolute Gasteiger partial charge is 0.369 e. The van der Waals surface area contributed by atoms with E-state index in [-0.39, 0.29) is 0 Å². The molecule has 1 aliphatic rings. The highest BCUT2D eigenvalue weighted by Gasteiger charge is 2.17. The van der Waals surface area contributed by atoms with E-state index in [1.807, 2.05) is 18.3 Å². The van der Waals surface area contributed by atoms with Crippen LogP contribution in [0.3, 0.4) is 0 Å². The van der Waals surface area contributed by atoms with E-state index in [1.165, 1.54) is 11.3 Å². The predicted molar refractivity (Wildman–Crippen MR) is 124 cm³/mol. The number of aromatic nitrogens is 2. The van der Waals surface area contributed by atoms with Crippen LogP contribution in [0.5, 0.6) is 0 Å². The Morgan fingerprint density at radius 3 is 2.28 bits per heavy atom. The minimum Gasteiger partial charge on any atom is -0.369 e. The molecule has 0 spiro atoms. The van der Waals surface area contributed by atoms with Gasteiger partial charge in [-0.1, -0.05) is 30.3 Å². The van der Waals surface area contributed by atoms with Gasteiger partial charge >= 0.3 is 0 Å². The first kappa shape index (κ1) is 18.4. The van der Waals surface area contributed by atoms with E-state index in [0.29, 0.717) is 0 Å². The topological polar surface area (TPSA) is 24.3 Å². The number of hydrogen-bond donors (Lipinski definition) is 0. The molecule has 3 heterocycles. The lowest BCUT2D eigenvalue weighted by Crippen LogP contribution is -2.44. The summed E-state index contributed by atoms with van der Waals surface area (Å²) in [6, 6.07) is 23.6. The van der Waals surface area contributed by atoms with Crippen molar-refractivity contribution in [2.45, 2.75) is 0 Å². The Morgan fingerprint density at radius 2 is 1.55 bits per heavy atom. The Balaban J connectivity index is 1.59. The number of hydrogen-bond acceptors (Lipinski definition) is 3. The van der Waals surface area contributed by atoms with E-state index in [4.69, 9.17) is 0 Å². The Morgan fingerprint density at radius 1 is 0.828 bits per heavy atom. The minimum atomic E-state index is 0.962. The van der Waals surface area contributed by atoms with E-state index in [1.54, 1.807) is 0 Å². The van der Waals surface area contributed by atoms with Crippen LogP contribution < -0.4 is 4.90 Å². The fourth-order valence-electron chi connectivity index (χ4n) is 4.03. The molecule has 0 radical (unpaired) electrons. The van der Waals surface area contributed by atoms with Crippen LogP contribution in [-0.4, -0.2) is 47.7 Å². The van der Waals surface area contributed by atoms with Gasteiger partial charge in [0.25, 0.3) is 0 Å². The summed E-state index contributed by atoms with van der Waals surface area (Å²) in [4.78, 5) is 9.53. The summed E-state index contributed by atoms with van der Waals surface area (Å²) in [5, 5.41) is 1.12. The number of para-hydroxylation sites is 1. The highest BCUT2D eigenvalue weighted by atomic mass is 79.9. The number of benzene rings is 2. The summed E-state index contributed by atoms with van der Waals surface area (Å²) in [6.45, 7) is 4.39. The smallest absolute Gasteiger partial charge is 0.146 e. The number of nitrogens with zero attached hydrogens (tertiary/aromatic N) is 4. The lowest BCUT2D eigenvalue weighted by atomic mass is 10.1. The van der Waals surface area contributed by atoms with Crippen molar-refractivity contribution in [3.63, 3.8) is 0 Å². The molecule has 0 bridgehead atoms. The fourth-order valence-corrected chi connectivity index (χ4v) is 4.43. The number of likely N-dealkylation sites (N-methyl/N-ethyl adjacent to an activating group) is 1. The Labute approximate surface area is 179 Å². The van der Waals surface area contributed by atoms with Crippen LogP contribution >= 0.6 is 15.9 Å². The van der Waals surface area contributed by atoms with Crippen LogP contribution in [-0.2, 0) is 0 Å². The van der Waals surface area contributed by atoms with Gasteiger partial charge in [-0.2, -0.15) is 0 Å². The summed E-state index contributed by atoms with van der Waals surface area (Å²) >= 11 is 3.69. The van der Waals surface area contributed by atoms with Gasteiger partial charge in [0.1, 0.15) is 5.65 Å². The minimum absolute atomic E-state index is 0.962. The molecule has 0 unspecified atom stereocenters. The normalized spacial score (nSPS) is 15.2. The van der Waals surface area contributed by atoms with Crippen molar-refractivity contribution in [3.05, 3.63) is 77.4 Å². The van der Waals surface area contributed by atoms with Crippen molar-refractivity contribution >= 4 is 32.7 Å². The SMILES string of the molecule is CN1CCN(c2ccc(-c3cc4c(Br)ccnc4n3-c3ccccc3)cc2)CC1. The molecule has 0 N–H and O–H groups in total. The number of fused-ring (bicyclic) bond motifs is 1. The second-order valence-electron chi connectivity index (χ2n) is 7.57. The molecule has 0 saturated carbocycles. The first-order valence-electron chi connectivity index (χ1n) is 9.96. The molecular weight excluding hydrogens is 424 g/mol. The second-order valence-corrected chi connectivity index (χ2v) is 8.42. The Hall–Kier alpha value is -2.63. The molecule has 29 heavy (non-hydrogen) atoms. The lowest BCUT2D eigenvalue weighted by molar-refractivity contribution is 0.313. The summed E-state index contributed by atoms with van der Waals surface area (Å²) in [5.74, 6) is 0. The molecule has 4 aromatic rings. The number of piperazine rings is 1. The maximum Gasteiger partial charge on any atom is 0.146 e. The molecule has 1 saturated heterocycles. The summed E-state index contributed by atoms with van der Waals surface area (Å²) in [6.07, 6.45) is 1.85. The van der Waals surface area contributed by atoms with E-state index in [0.717, 1.165) is 53.1 Å². The summed E-state index contributed by atoms with van der Waals surface area (Å²) < 4.78 is 3.30. The average molecular weight is 447 g/mol. The molecule has 2 aromatic heterocycles. The van der Waals surface area contributed by atoms with Crippen LogP contribution in [0.1, 0.15) is 0 Å². The molecule has 2 aromatic carbocycles. The van der Waals surface area contributed by atoms with Crippen molar-refractivity contribution in [2.24, 2.45) is 0 Å². The van der Waals surface area contributed by atoms with E-state index in [2.05, 4.69) is 96.9 Å². The average Bonchev–Trinajstić information content (AvgIpc) is 3.16. The quantitative estimate of drug-likeness (QED) is 0.431. The van der Waals surface area contributed by atoms with Crippen molar-refractivity contribution in [1.29, 1.82) is 0 Å². The highest BCUT2D eigenvalue weighted by Crippen LogP contribution is 2.34. The van der Waals surface area contributed by atoms with Gasteiger partial charge in [0.2, 0.25) is 0 Å². The first-order valence-corrected chi connectivity index (χ1v) is 10.8. The molecule has 1 fully saturated rings. The fraction of sp³-hybridized carbons (Fsp3) is 0.208. The number of anilines is 1. The maximum absolute atomic E-state index is 4.68. The van der Waals surface area contributed by atoms with E-state index < -0.39 is 0 Å². The summed E-state index contributed by atoms with van der Waals surface area (Å²) in [7, 11) is 2.19. The lowest BCUT2D eigenvalue weighted by Gasteiger charge is -2.34. The van der Waals surface area contributed by atoms with Gasteiger partial charge in [-0.3, -0.25) is 4.57 Å². The zero-order valence-corrected chi connectivity index (χ0v) is 18.0. The van der Waals surface area contributed by atoms with Crippen LogP contribution in [0.2, 0.25) is 0 Å². The third kappa shape index (κ3) is 3.45. The second kappa shape index (κ2) is 7.65. The van der Waals surface area contributed by atoms with Gasteiger partial charge in [-0.05, 0) is 64.9 Å². The van der Waals surface area contributed by atoms with Crippen LogP contribution in [0.4, 0.5) is 5.69 Å². The molecule has 4 nitrogen and oxygen atoms in total. The molecule has 0 amide bonds. The molecular formula is C24H23BrN4. The first-order chi connectivity index (χ1) is 14.2. The Kier molecular flexibility index (Phi) is 4.86. The van der Waals surface area contributed by atoms with Gasteiger partial charge in [0.15, 0.2) is 0 Å². The van der Waals surface area contributed by atoms with Gasteiger partial charge in [0, 0.05) is 53.6 Å². The van der Waals surface area contributed by atoms with Crippen LogP contribution in [0, 0.1) is 0 Å². The van der Waals surface area contributed by atoms with Gasteiger partial charge in [-0.25, -0.2) is 4.98 Å². The van der Waals surface area contributed by atoms with E-state index in [9.17, 15) is 0 Å². The number of rotatable bonds is 3. The van der Waals surface area contributed by atoms with Gasteiger partial charge < -0.3 is 9.80 Å².